The molecule has 132 valence electrons. The van der Waals surface area contributed by atoms with Crippen LogP contribution < -0.4 is 5.32 Å². The highest BCUT2D eigenvalue weighted by Crippen LogP contribution is 2.40. The van der Waals surface area contributed by atoms with Crippen LogP contribution in [0.15, 0.2) is 54.6 Å². The highest BCUT2D eigenvalue weighted by Gasteiger charge is 2.27. The molecule has 1 atom stereocenters. The lowest BCUT2D eigenvalue weighted by Gasteiger charge is -2.16. The van der Waals surface area contributed by atoms with E-state index < -0.39 is 0 Å². The minimum absolute atomic E-state index is 0.130. The lowest BCUT2D eigenvalue weighted by atomic mass is 10.0. The molecule has 1 saturated carbocycles. The number of fused-ring (bicyclic) bond motifs is 1. The second-order valence-electron chi connectivity index (χ2n) is 7.06. The van der Waals surface area contributed by atoms with E-state index in [1.165, 1.54) is 6.07 Å². The number of carbonyl (C=O) groups is 1. The van der Waals surface area contributed by atoms with Gasteiger partial charge >= 0.3 is 0 Å². The minimum atomic E-state index is -0.237. The quantitative estimate of drug-likeness (QED) is 0.731. The monoisotopic (exact) mass is 348 g/mol. The van der Waals surface area contributed by atoms with Crippen molar-refractivity contribution in [2.75, 3.05) is 0 Å². The number of hydrogen-bond acceptors (Lipinski definition) is 2. The van der Waals surface area contributed by atoms with Crippen LogP contribution >= 0.6 is 0 Å². The molecule has 0 spiro atoms. The molecule has 4 heteroatoms. The fraction of sp³-hybridized carbons (Fsp3) is 0.273. The maximum Gasteiger partial charge on any atom is 0.252 e. The number of rotatable bonds is 5. The second-order valence-corrected chi connectivity index (χ2v) is 7.06. The number of para-hydroxylation sites is 1. The normalized spacial score (nSPS) is 15.0. The van der Waals surface area contributed by atoms with Crippen molar-refractivity contribution in [1.29, 1.82) is 0 Å². The van der Waals surface area contributed by atoms with Gasteiger partial charge in [-0.05, 0) is 49.9 Å². The Hall–Kier alpha value is -2.75. The van der Waals surface area contributed by atoms with E-state index in [9.17, 15) is 9.18 Å². The molecule has 0 radical (unpaired) electrons. The topological polar surface area (TPSA) is 42.0 Å². The van der Waals surface area contributed by atoms with Crippen molar-refractivity contribution in [3.05, 3.63) is 77.2 Å². The summed E-state index contributed by atoms with van der Waals surface area (Å²) in [4.78, 5) is 17.6. The summed E-state index contributed by atoms with van der Waals surface area (Å²) in [5.41, 5.74) is 3.11. The number of amides is 1. The molecule has 0 unspecified atom stereocenters. The van der Waals surface area contributed by atoms with Gasteiger partial charge in [-0.3, -0.25) is 9.78 Å². The zero-order valence-electron chi connectivity index (χ0n) is 14.7. The third-order valence-electron chi connectivity index (χ3n) is 4.84. The predicted octanol–water partition coefficient (Wildman–Crippen LogP) is 4.61. The fourth-order valence-corrected chi connectivity index (χ4v) is 3.32. The molecule has 1 fully saturated rings. The van der Waals surface area contributed by atoms with E-state index in [0.29, 0.717) is 23.5 Å². The molecule has 0 aliphatic heterocycles. The summed E-state index contributed by atoms with van der Waals surface area (Å²) in [6, 6.07) is 16.2. The van der Waals surface area contributed by atoms with Crippen LogP contribution in [0, 0.1) is 5.82 Å². The van der Waals surface area contributed by atoms with Gasteiger partial charge in [0.1, 0.15) is 5.82 Å². The molecule has 1 heterocycles. The van der Waals surface area contributed by atoms with Crippen LogP contribution in [-0.4, -0.2) is 16.9 Å². The van der Waals surface area contributed by atoms with Gasteiger partial charge in [0.05, 0.1) is 11.1 Å². The van der Waals surface area contributed by atoms with E-state index in [4.69, 9.17) is 4.98 Å². The highest BCUT2D eigenvalue weighted by molar-refractivity contribution is 6.06. The van der Waals surface area contributed by atoms with Crippen molar-refractivity contribution in [1.82, 2.24) is 10.3 Å². The van der Waals surface area contributed by atoms with Crippen LogP contribution in [0.2, 0.25) is 0 Å². The summed E-state index contributed by atoms with van der Waals surface area (Å²) in [7, 11) is 0. The molecule has 1 N–H and O–H groups in total. The molecule has 1 aromatic heterocycles. The molecular formula is C22H21FN2O. The number of nitrogens with one attached hydrogen (secondary N) is 1. The lowest BCUT2D eigenvalue weighted by Crippen LogP contribution is -2.34. The van der Waals surface area contributed by atoms with Gasteiger partial charge in [0.15, 0.2) is 0 Å². The smallest absolute Gasteiger partial charge is 0.252 e. The summed E-state index contributed by atoms with van der Waals surface area (Å²) in [6.45, 7) is 1.90. The summed E-state index contributed by atoms with van der Waals surface area (Å²) in [5, 5.41) is 3.87. The first kappa shape index (κ1) is 16.7. The highest BCUT2D eigenvalue weighted by atomic mass is 19.1. The molecule has 26 heavy (non-hydrogen) atoms. The standard InChI is InChI=1S/C22H21FN2O/c1-14(12-16-6-2-4-8-19(16)23)24-22(26)18-13-21(15-10-11-15)25-20-9-5-3-7-17(18)20/h2-9,13-15H,10-12H2,1H3,(H,24,26)/t14-/m0/s1. The molecule has 3 nitrogen and oxygen atoms in total. The maximum atomic E-state index is 13.8. The van der Waals surface area contributed by atoms with E-state index in [2.05, 4.69) is 5.32 Å². The molecule has 1 aliphatic carbocycles. The average molecular weight is 348 g/mol. The summed E-state index contributed by atoms with van der Waals surface area (Å²) >= 11 is 0. The van der Waals surface area contributed by atoms with Crippen LogP contribution in [0.4, 0.5) is 4.39 Å². The van der Waals surface area contributed by atoms with Crippen LogP contribution in [0.1, 0.15) is 47.3 Å². The van der Waals surface area contributed by atoms with Crippen molar-refractivity contribution in [2.24, 2.45) is 0 Å². The van der Waals surface area contributed by atoms with Crippen molar-refractivity contribution in [3.63, 3.8) is 0 Å². The van der Waals surface area contributed by atoms with E-state index >= 15 is 0 Å². The number of carbonyl (C=O) groups excluding carboxylic acids is 1. The van der Waals surface area contributed by atoms with Crippen molar-refractivity contribution in [3.8, 4) is 0 Å². The fourth-order valence-electron chi connectivity index (χ4n) is 3.32. The van der Waals surface area contributed by atoms with Crippen molar-refractivity contribution in [2.45, 2.75) is 38.1 Å². The third kappa shape index (κ3) is 3.45. The second kappa shape index (κ2) is 6.87. The van der Waals surface area contributed by atoms with Gasteiger partial charge in [0, 0.05) is 23.0 Å². The molecule has 3 aromatic rings. The Bertz CT molecular complexity index is 965. The van der Waals surface area contributed by atoms with Gasteiger partial charge in [0.25, 0.3) is 5.91 Å². The van der Waals surface area contributed by atoms with Crippen LogP contribution in [0.25, 0.3) is 10.9 Å². The number of pyridine rings is 1. The first-order chi connectivity index (χ1) is 12.6. The Morgan fingerprint density at radius 1 is 1.19 bits per heavy atom. The van der Waals surface area contributed by atoms with Gasteiger partial charge in [-0.2, -0.15) is 0 Å². The van der Waals surface area contributed by atoms with Gasteiger partial charge in [0.2, 0.25) is 0 Å². The zero-order valence-corrected chi connectivity index (χ0v) is 14.7. The molecule has 0 saturated heterocycles. The number of halogens is 1. The SMILES string of the molecule is C[C@@H](Cc1ccccc1F)NC(=O)c1cc(C2CC2)nc2ccccc12. The Morgan fingerprint density at radius 3 is 2.69 bits per heavy atom. The third-order valence-corrected chi connectivity index (χ3v) is 4.84. The van der Waals surface area contributed by atoms with Gasteiger partial charge in [-0.1, -0.05) is 36.4 Å². The zero-order chi connectivity index (χ0) is 18.1. The molecule has 2 aromatic carbocycles. The Balaban J connectivity index is 1.58. The summed E-state index contributed by atoms with van der Waals surface area (Å²) in [6.07, 6.45) is 2.73. The maximum absolute atomic E-state index is 13.8. The molecular weight excluding hydrogens is 327 g/mol. The Labute approximate surface area is 152 Å². The van der Waals surface area contributed by atoms with Gasteiger partial charge < -0.3 is 5.32 Å². The Kier molecular flexibility index (Phi) is 4.41. The number of nitrogens with zero attached hydrogens (tertiary/aromatic N) is 1. The first-order valence-electron chi connectivity index (χ1n) is 9.06. The average Bonchev–Trinajstić information content (AvgIpc) is 3.48. The lowest BCUT2D eigenvalue weighted by molar-refractivity contribution is 0.0941. The molecule has 4 rings (SSSR count). The number of hydrogen-bond donors (Lipinski definition) is 1. The molecule has 1 aliphatic rings. The number of aromatic nitrogens is 1. The van der Waals surface area contributed by atoms with E-state index in [0.717, 1.165) is 29.4 Å². The summed E-state index contributed by atoms with van der Waals surface area (Å²) in [5.74, 6) is 0.107. The predicted molar refractivity (Wildman–Crippen MR) is 101 cm³/mol. The van der Waals surface area contributed by atoms with E-state index in [-0.39, 0.29) is 17.8 Å². The van der Waals surface area contributed by atoms with Gasteiger partial charge in [-0.15, -0.1) is 0 Å². The van der Waals surface area contributed by atoms with Crippen LogP contribution in [0.5, 0.6) is 0 Å². The van der Waals surface area contributed by atoms with Crippen LogP contribution in [0.3, 0.4) is 0 Å². The van der Waals surface area contributed by atoms with Gasteiger partial charge in [-0.25, -0.2) is 4.39 Å². The summed E-state index contributed by atoms with van der Waals surface area (Å²) < 4.78 is 13.8. The first-order valence-corrected chi connectivity index (χ1v) is 9.06. The van der Waals surface area contributed by atoms with Crippen LogP contribution in [-0.2, 0) is 6.42 Å². The molecule has 1 amide bonds. The Morgan fingerprint density at radius 2 is 1.92 bits per heavy atom. The molecule has 0 bridgehead atoms. The van der Waals surface area contributed by atoms with E-state index in [1.807, 2.05) is 43.3 Å². The largest absolute Gasteiger partial charge is 0.349 e. The van der Waals surface area contributed by atoms with Crippen molar-refractivity contribution >= 4 is 16.8 Å². The number of benzene rings is 2. The minimum Gasteiger partial charge on any atom is -0.349 e. The van der Waals surface area contributed by atoms with Crippen molar-refractivity contribution < 1.29 is 9.18 Å². The van der Waals surface area contributed by atoms with E-state index in [1.54, 1.807) is 12.1 Å².